The lowest BCUT2D eigenvalue weighted by Gasteiger charge is -2.18. The number of nitrogens with two attached hydrogens (primary N) is 1. The van der Waals surface area contributed by atoms with Crippen LogP contribution in [0, 0.1) is 20.8 Å². The van der Waals surface area contributed by atoms with Gasteiger partial charge in [0.2, 0.25) is 0 Å². The minimum absolute atomic E-state index is 0.324. The fourth-order valence-electron chi connectivity index (χ4n) is 3.27. The summed E-state index contributed by atoms with van der Waals surface area (Å²) in [4.78, 5) is 0. The first-order valence-corrected chi connectivity index (χ1v) is 9.71. The molecular weight excluding hydrogens is 346 g/mol. The van der Waals surface area contributed by atoms with Crippen molar-refractivity contribution in [1.82, 2.24) is 0 Å². The topological polar surface area (TPSA) is 44.5 Å². The first kappa shape index (κ1) is 19.8. The average molecular weight is 376 g/mol. The number of nitrogen functional groups attached to an aromatic ring is 1. The summed E-state index contributed by atoms with van der Waals surface area (Å²) in [5.41, 5.74) is 12.3. The van der Waals surface area contributed by atoms with Crippen molar-refractivity contribution in [2.45, 2.75) is 47.1 Å². The molecule has 0 radical (unpaired) electrons. The van der Waals surface area contributed by atoms with Gasteiger partial charge in [0.25, 0.3) is 0 Å². The molecule has 3 nitrogen and oxygen atoms in total. The molecule has 0 atom stereocenters. The molecule has 0 saturated carbocycles. The minimum Gasteiger partial charge on any atom is -0.489 e. The molecule has 3 rings (SSSR count). The first-order valence-electron chi connectivity index (χ1n) is 9.71. The van der Waals surface area contributed by atoms with Crippen molar-refractivity contribution in [2.75, 3.05) is 5.73 Å². The summed E-state index contributed by atoms with van der Waals surface area (Å²) >= 11 is 0. The van der Waals surface area contributed by atoms with E-state index in [9.17, 15) is 0 Å². The van der Waals surface area contributed by atoms with E-state index in [0.717, 1.165) is 50.8 Å². The molecule has 0 spiro atoms. The van der Waals surface area contributed by atoms with Gasteiger partial charge in [0.15, 0.2) is 0 Å². The molecule has 146 valence electrons. The lowest BCUT2D eigenvalue weighted by molar-refractivity contribution is 0.301. The van der Waals surface area contributed by atoms with Crippen LogP contribution in [-0.2, 0) is 6.61 Å². The van der Waals surface area contributed by atoms with Crippen LogP contribution in [0.2, 0.25) is 0 Å². The predicted molar refractivity (Wildman–Crippen MR) is 116 cm³/mol. The van der Waals surface area contributed by atoms with E-state index in [-0.39, 0.29) is 0 Å². The van der Waals surface area contributed by atoms with Crippen molar-refractivity contribution in [1.29, 1.82) is 0 Å². The molecule has 0 fully saturated rings. The van der Waals surface area contributed by atoms with Gasteiger partial charge in [0.1, 0.15) is 23.9 Å². The van der Waals surface area contributed by atoms with Crippen molar-refractivity contribution in [3.8, 4) is 17.2 Å². The molecular formula is C25H29NO2. The highest BCUT2D eigenvalue weighted by atomic mass is 16.5. The number of hydrogen-bond acceptors (Lipinski definition) is 3. The Morgan fingerprint density at radius 1 is 0.893 bits per heavy atom. The third kappa shape index (κ3) is 4.30. The highest BCUT2D eigenvalue weighted by molar-refractivity contribution is 5.60. The zero-order valence-electron chi connectivity index (χ0n) is 17.4. The van der Waals surface area contributed by atoms with E-state index >= 15 is 0 Å². The Kier molecular flexibility index (Phi) is 5.93. The summed E-state index contributed by atoms with van der Waals surface area (Å²) in [6.07, 6.45) is 0. The van der Waals surface area contributed by atoms with Crippen LogP contribution >= 0.6 is 0 Å². The molecule has 2 N–H and O–H groups in total. The molecule has 0 saturated heterocycles. The van der Waals surface area contributed by atoms with Gasteiger partial charge in [0, 0.05) is 11.3 Å². The van der Waals surface area contributed by atoms with Gasteiger partial charge in [-0.15, -0.1) is 0 Å². The maximum absolute atomic E-state index is 6.27. The van der Waals surface area contributed by atoms with Gasteiger partial charge in [-0.2, -0.15) is 0 Å². The van der Waals surface area contributed by atoms with Gasteiger partial charge in [-0.25, -0.2) is 0 Å². The number of aryl methyl sites for hydroxylation is 1. The predicted octanol–water partition coefficient (Wildman–Crippen LogP) is 6.69. The monoisotopic (exact) mass is 375 g/mol. The molecule has 3 aromatic carbocycles. The number of hydrogen-bond donors (Lipinski definition) is 1. The fourth-order valence-corrected chi connectivity index (χ4v) is 3.27. The molecule has 3 heteroatoms. The molecule has 28 heavy (non-hydrogen) atoms. The van der Waals surface area contributed by atoms with Crippen molar-refractivity contribution in [3.05, 3.63) is 82.4 Å². The highest BCUT2D eigenvalue weighted by Crippen LogP contribution is 2.37. The van der Waals surface area contributed by atoms with E-state index in [1.165, 1.54) is 0 Å². The molecule has 0 aliphatic rings. The Morgan fingerprint density at radius 2 is 1.61 bits per heavy atom. The van der Waals surface area contributed by atoms with Crippen LogP contribution in [0.3, 0.4) is 0 Å². The summed E-state index contributed by atoms with van der Waals surface area (Å²) in [5.74, 6) is 2.91. The summed E-state index contributed by atoms with van der Waals surface area (Å²) in [7, 11) is 0. The Balaban J connectivity index is 1.86. The summed E-state index contributed by atoms with van der Waals surface area (Å²) in [6, 6.07) is 18.2. The minimum atomic E-state index is 0.324. The molecule has 0 bridgehead atoms. The van der Waals surface area contributed by atoms with E-state index in [2.05, 4.69) is 39.0 Å². The van der Waals surface area contributed by atoms with Gasteiger partial charge in [-0.05, 0) is 73.2 Å². The lowest BCUT2D eigenvalue weighted by Crippen LogP contribution is -2.01. The van der Waals surface area contributed by atoms with Crippen molar-refractivity contribution in [3.63, 3.8) is 0 Å². The standard InChI is InChI=1S/C25H29NO2/c1-16(2)22-14-21(28-25-17(3)13-23(26)18(4)19(25)5)11-12-24(22)27-15-20-9-7-6-8-10-20/h6-14,16H,15,26H2,1-5H3. The second-order valence-corrected chi connectivity index (χ2v) is 7.59. The quantitative estimate of drug-likeness (QED) is 0.488. The zero-order valence-corrected chi connectivity index (χ0v) is 17.4. The van der Waals surface area contributed by atoms with Crippen LogP contribution in [0.4, 0.5) is 5.69 Å². The molecule has 0 aliphatic heterocycles. The summed E-state index contributed by atoms with van der Waals surface area (Å²) in [5, 5.41) is 0. The van der Waals surface area contributed by atoms with E-state index in [0.29, 0.717) is 12.5 Å². The molecule has 0 unspecified atom stereocenters. The van der Waals surface area contributed by atoms with E-state index in [1.807, 2.05) is 50.2 Å². The van der Waals surface area contributed by atoms with Gasteiger partial charge < -0.3 is 15.2 Å². The zero-order chi connectivity index (χ0) is 20.3. The van der Waals surface area contributed by atoms with Crippen molar-refractivity contribution >= 4 is 5.69 Å². The Morgan fingerprint density at radius 3 is 2.29 bits per heavy atom. The Hall–Kier alpha value is -2.94. The van der Waals surface area contributed by atoms with Crippen LogP contribution in [0.15, 0.2) is 54.6 Å². The SMILES string of the molecule is Cc1cc(N)c(C)c(C)c1Oc1ccc(OCc2ccccc2)c(C(C)C)c1. The fraction of sp³-hybridized carbons (Fsp3) is 0.280. The van der Waals surface area contributed by atoms with Gasteiger partial charge in [-0.1, -0.05) is 44.2 Å². The van der Waals surface area contributed by atoms with Crippen LogP contribution in [0.25, 0.3) is 0 Å². The molecule has 0 aliphatic carbocycles. The van der Waals surface area contributed by atoms with Gasteiger partial charge >= 0.3 is 0 Å². The number of benzene rings is 3. The van der Waals surface area contributed by atoms with Gasteiger partial charge in [-0.3, -0.25) is 0 Å². The van der Waals surface area contributed by atoms with E-state index < -0.39 is 0 Å². The maximum Gasteiger partial charge on any atom is 0.133 e. The molecule has 0 amide bonds. The van der Waals surface area contributed by atoms with E-state index in [1.54, 1.807) is 0 Å². The van der Waals surface area contributed by atoms with Crippen LogP contribution in [0.5, 0.6) is 17.2 Å². The lowest BCUT2D eigenvalue weighted by atomic mass is 10.0. The summed E-state index contributed by atoms with van der Waals surface area (Å²) in [6.45, 7) is 11.0. The number of ether oxygens (including phenoxy) is 2. The Bertz CT molecular complexity index is 962. The second-order valence-electron chi connectivity index (χ2n) is 7.59. The highest BCUT2D eigenvalue weighted by Gasteiger charge is 2.14. The third-order valence-corrected chi connectivity index (χ3v) is 5.13. The summed E-state index contributed by atoms with van der Waals surface area (Å²) < 4.78 is 12.4. The largest absolute Gasteiger partial charge is 0.489 e. The first-order chi connectivity index (χ1) is 13.4. The van der Waals surface area contributed by atoms with Crippen LogP contribution in [-0.4, -0.2) is 0 Å². The normalized spacial score (nSPS) is 10.9. The van der Waals surface area contributed by atoms with Crippen molar-refractivity contribution in [2.24, 2.45) is 0 Å². The van der Waals surface area contributed by atoms with Crippen LogP contribution < -0.4 is 15.2 Å². The number of rotatable bonds is 6. The van der Waals surface area contributed by atoms with E-state index in [4.69, 9.17) is 15.2 Å². The maximum atomic E-state index is 6.27. The number of anilines is 1. The Labute approximate surface area is 168 Å². The smallest absolute Gasteiger partial charge is 0.133 e. The molecule has 0 aromatic heterocycles. The van der Waals surface area contributed by atoms with Crippen molar-refractivity contribution < 1.29 is 9.47 Å². The molecule has 0 heterocycles. The average Bonchev–Trinajstić information content (AvgIpc) is 2.69. The van der Waals surface area contributed by atoms with Gasteiger partial charge in [0.05, 0.1) is 0 Å². The van der Waals surface area contributed by atoms with Crippen LogP contribution in [0.1, 0.15) is 47.6 Å². The second kappa shape index (κ2) is 8.39. The third-order valence-electron chi connectivity index (χ3n) is 5.13. The molecule has 3 aromatic rings.